The SMILES string of the molecule is CCNCc1cnc(N2CC=C(C(F)(F)F)CC2)c(Cl)c1. The molecule has 2 rings (SSSR count). The van der Waals surface area contributed by atoms with Gasteiger partial charge in [0.2, 0.25) is 0 Å². The third kappa shape index (κ3) is 4.11. The summed E-state index contributed by atoms with van der Waals surface area (Å²) in [4.78, 5) is 6.04. The van der Waals surface area contributed by atoms with E-state index in [1.54, 1.807) is 17.2 Å². The molecule has 0 spiro atoms. The number of hydrogen-bond acceptors (Lipinski definition) is 3. The van der Waals surface area contributed by atoms with Crippen molar-refractivity contribution in [3.63, 3.8) is 0 Å². The number of aromatic nitrogens is 1. The Bertz CT molecular complexity index is 529. The first-order chi connectivity index (χ1) is 9.91. The molecule has 1 aromatic heterocycles. The van der Waals surface area contributed by atoms with Gasteiger partial charge in [0.15, 0.2) is 0 Å². The van der Waals surface area contributed by atoms with E-state index < -0.39 is 11.7 Å². The van der Waals surface area contributed by atoms with E-state index in [2.05, 4.69) is 10.3 Å². The van der Waals surface area contributed by atoms with Crippen molar-refractivity contribution in [1.29, 1.82) is 0 Å². The largest absolute Gasteiger partial charge is 0.412 e. The third-order valence-electron chi connectivity index (χ3n) is 3.33. The van der Waals surface area contributed by atoms with Crippen LogP contribution in [0.15, 0.2) is 23.9 Å². The first-order valence-electron chi connectivity index (χ1n) is 6.78. The first kappa shape index (κ1) is 16.1. The Morgan fingerprint density at radius 2 is 2.19 bits per heavy atom. The molecule has 0 unspecified atom stereocenters. The molecule has 1 aromatic rings. The van der Waals surface area contributed by atoms with Crippen LogP contribution in [0.25, 0.3) is 0 Å². The first-order valence-corrected chi connectivity index (χ1v) is 7.16. The predicted octanol–water partition coefficient (Wildman–Crippen LogP) is 3.54. The van der Waals surface area contributed by atoms with Crippen LogP contribution in [-0.4, -0.2) is 30.8 Å². The second-order valence-corrected chi connectivity index (χ2v) is 5.26. The fourth-order valence-corrected chi connectivity index (χ4v) is 2.50. The highest BCUT2D eigenvalue weighted by molar-refractivity contribution is 6.33. The molecular formula is C14H17ClF3N3. The van der Waals surface area contributed by atoms with Gasteiger partial charge in [-0.25, -0.2) is 4.98 Å². The van der Waals surface area contributed by atoms with Crippen molar-refractivity contribution in [2.24, 2.45) is 0 Å². The maximum absolute atomic E-state index is 12.6. The molecule has 0 saturated heterocycles. The van der Waals surface area contributed by atoms with Crippen molar-refractivity contribution in [3.05, 3.63) is 34.5 Å². The minimum atomic E-state index is -4.24. The summed E-state index contributed by atoms with van der Waals surface area (Å²) in [6.07, 6.45) is -1.37. The zero-order valence-electron chi connectivity index (χ0n) is 11.7. The summed E-state index contributed by atoms with van der Waals surface area (Å²) in [7, 11) is 0. The molecule has 1 aliphatic rings. The van der Waals surface area contributed by atoms with E-state index in [1.165, 1.54) is 6.08 Å². The molecule has 2 heterocycles. The van der Waals surface area contributed by atoms with Gasteiger partial charge in [0.1, 0.15) is 5.82 Å². The van der Waals surface area contributed by atoms with Gasteiger partial charge in [-0.1, -0.05) is 24.6 Å². The maximum atomic E-state index is 12.6. The number of nitrogens with zero attached hydrogens (tertiary/aromatic N) is 2. The molecule has 0 bridgehead atoms. The number of halogens is 4. The molecular weight excluding hydrogens is 303 g/mol. The van der Waals surface area contributed by atoms with Crippen molar-refractivity contribution in [2.75, 3.05) is 24.5 Å². The van der Waals surface area contributed by atoms with E-state index in [-0.39, 0.29) is 19.5 Å². The second kappa shape index (κ2) is 6.66. The van der Waals surface area contributed by atoms with Gasteiger partial charge in [-0.2, -0.15) is 13.2 Å². The molecule has 0 aliphatic carbocycles. The molecule has 3 nitrogen and oxygen atoms in total. The summed E-state index contributed by atoms with van der Waals surface area (Å²) >= 11 is 6.19. The van der Waals surface area contributed by atoms with Crippen LogP contribution in [0.1, 0.15) is 18.9 Å². The summed E-state index contributed by atoms with van der Waals surface area (Å²) in [6, 6.07) is 1.80. The Kier molecular flexibility index (Phi) is 5.11. The lowest BCUT2D eigenvalue weighted by molar-refractivity contribution is -0.0944. The lowest BCUT2D eigenvalue weighted by Crippen LogP contribution is -2.32. The van der Waals surface area contributed by atoms with E-state index >= 15 is 0 Å². The van der Waals surface area contributed by atoms with Gasteiger partial charge in [-0.3, -0.25) is 0 Å². The second-order valence-electron chi connectivity index (χ2n) is 4.85. The highest BCUT2D eigenvalue weighted by atomic mass is 35.5. The number of nitrogens with one attached hydrogen (secondary N) is 1. The summed E-state index contributed by atoms with van der Waals surface area (Å²) in [5, 5.41) is 3.63. The minimum Gasteiger partial charge on any atom is -0.351 e. The normalized spacial score (nSPS) is 16.0. The molecule has 0 amide bonds. The lowest BCUT2D eigenvalue weighted by Gasteiger charge is -2.28. The number of rotatable bonds is 4. The highest BCUT2D eigenvalue weighted by Gasteiger charge is 2.35. The zero-order chi connectivity index (χ0) is 15.5. The Morgan fingerprint density at radius 1 is 1.43 bits per heavy atom. The smallest absolute Gasteiger partial charge is 0.351 e. The Labute approximate surface area is 126 Å². The quantitative estimate of drug-likeness (QED) is 0.860. The molecule has 0 radical (unpaired) electrons. The van der Waals surface area contributed by atoms with E-state index in [0.29, 0.717) is 17.4 Å². The Morgan fingerprint density at radius 3 is 2.71 bits per heavy atom. The average Bonchev–Trinajstić information content (AvgIpc) is 2.44. The van der Waals surface area contributed by atoms with Crippen molar-refractivity contribution in [3.8, 4) is 0 Å². The monoisotopic (exact) mass is 319 g/mol. The third-order valence-corrected chi connectivity index (χ3v) is 3.61. The van der Waals surface area contributed by atoms with E-state index in [0.717, 1.165) is 12.1 Å². The molecule has 0 fully saturated rings. The van der Waals surface area contributed by atoms with Crippen LogP contribution >= 0.6 is 11.6 Å². The summed E-state index contributed by atoms with van der Waals surface area (Å²) < 4.78 is 37.8. The van der Waals surface area contributed by atoms with Crippen molar-refractivity contribution in [2.45, 2.75) is 26.1 Å². The Balaban J connectivity index is 2.08. The molecule has 116 valence electrons. The molecule has 0 saturated carbocycles. The van der Waals surface area contributed by atoms with Gasteiger partial charge in [0, 0.05) is 31.4 Å². The molecule has 7 heteroatoms. The standard InChI is InChI=1S/C14H17ClF3N3/c1-2-19-8-10-7-12(15)13(20-9-10)21-5-3-11(4-6-21)14(16,17)18/h3,7,9,19H,2,4-6,8H2,1H3. The van der Waals surface area contributed by atoms with Crippen molar-refractivity contribution in [1.82, 2.24) is 10.3 Å². The average molecular weight is 320 g/mol. The van der Waals surface area contributed by atoms with Gasteiger partial charge >= 0.3 is 6.18 Å². The number of alkyl halides is 3. The summed E-state index contributed by atoms with van der Waals surface area (Å²) in [5.74, 6) is 0.536. The highest BCUT2D eigenvalue weighted by Crippen LogP contribution is 2.32. The van der Waals surface area contributed by atoms with Gasteiger partial charge < -0.3 is 10.2 Å². The predicted molar refractivity (Wildman–Crippen MR) is 77.6 cm³/mol. The number of pyridine rings is 1. The minimum absolute atomic E-state index is 0.0410. The van der Waals surface area contributed by atoms with Crippen LogP contribution in [0, 0.1) is 0 Å². The van der Waals surface area contributed by atoms with Gasteiger partial charge in [0.05, 0.1) is 5.02 Å². The van der Waals surface area contributed by atoms with Crippen LogP contribution < -0.4 is 10.2 Å². The Hall–Kier alpha value is -1.27. The van der Waals surface area contributed by atoms with E-state index in [1.807, 2.05) is 6.92 Å². The fourth-order valence-electron chi connectivity index (χ4n) is 2.19. The topological polar surface area (TPSA) is 28.2 Å². The molecule has 1 aliphatic heterocycles. The number of hydrogen-bond donors (Lipinski definition) is 1. The van der Waals surface area contributed by atoms with Crippen LogP contribution in [0.2, 0.25) is 5.02 Å². The van der Waals surface area contributed by atoms with Gasteiger partial charge in [0.25, 0.3) is 0 Å². The molecule has 21 heavy (non-hydrogen) atoms. The lowest BCUT2D eigenvalue weighted by atomic mass is 10.1. The molecule has 0 atom stereocenters. The van der Waals surface area contributed by atoms with E-state index in [4.69, 9.17) is 11.6 Å². The van der Waals surface area contributed by atoms with E-state index in [9.17, 15) is 13.2 Å². The van der Waals surface area contributed by atoms with Crippen molar-refractivity contribution < 1.29 is 13.2 Å². The van der Waals surface area contributed by atoms with Gasteiger partial charge in [-0.15, -0.1) is 0 Å². The molecule has 1 N–H and O–H groups in total. The van der Waals surface area contributed by atoms with Crippen LogP contribution in [0.4, 0.5) is 19.0 Å². The van der Waals surface area contributed by atoms with Crippen LogP contribution in [0.3, 0.4) is 0 Å². The summed E-state index contributed by atoms with van der Waals surface area (Å²) in [6.45, 7) is 3.96. The van der Waals surface area contributed by atoms with Crippen LogP contribution in [0.5, 0.6) is 0 Å². The van der Waals surface area contributed by atoms with Gasteiger partial charge in [-0.05, 0) is 24.6 Å². The number of anilines is 1. The zero-order valence-corrected chi connectivity index (χ0v) is 12.4. The maximum Gasteiger partial charge on any atom is 0.412 e. The van der Waals surface area contributed by atoms with Crippen molar-refractivity contribution >= 4 is 17.4 Å². The molecule has 0 aromatic carbocycles. The van der Waals surface area contributed by atoms with Crippen LogP contribution in [-0.2, 0) is 6.54 Å². The summed E-state index contributed by atoms with van der Waals surface area (Å²) in [5.41, 5.74) is 0.479. The fraction of sp³-hybridized carbons (Fsp3) is 0.500.